The summed E-state index contributed by atoms with van der Waals surface area (Å²) in [6.07, 6.45) is 3.87. The molecule has 2 aliphatic rings. The van der Waals surface area contributed by atoms with Crippen LogP contribution < -0.4 is 15.0 Å². The van der Waals surface area contributed by atoms with Crippen molar-refractivity contribution in [3.05, 3.63) is 17.7 Å². The van der Waals surface area contributed by atoms with Crippen LogP contribution in [0, 0.1) is 0 Å². The van der Waals surface area contributed by atoms with E-state index in [1.54, 1.807) is 0 Å². The first-order valence-corrected chi connectivity index (χ1v) is 6.94. The summed E-state index contributed by atoms with van der Waals surface area (Å²) in [5, 5.41) is 3.33. The van der Waals surface area contributed by atoms with Crippen LogP contribution in [0.2, 0.25) is 0 Å². The van der Waals surface area contributed by atoms with Crippen molar-refractivity contribution in [2.24, 2.45) is 0 Å². The summed E-state index contributed by atoms with van der Waals surface area (Å²) in [4.78, 5) is 7.12. The zero-order valence-electron chi connectivity index (χ0n) is 11.0. The molecular weight excluding hydrogens is 226 g/mol. The second-order valence-corrected chi connectivity index (χ2v) is 5.20. The number of pyridine rings is 1. The predicted octanol–water partition coefficient (Wildman–Crippen LogP) is 1.94. The number of nitrogens with one attached hydrogen (secondary N) is 1. The minimum Gasteiger partial charge on any atom is -0.476 e. The van der Waals surface area contributed by atoms with E-state index >= 15 is 0 Å². The fourth-order valence-electron chi connectivity index (χ4n) is 2.76. The number of ether oxygens (including phenoxy) is 1. The molecule has 1 N–H and O–H groups in total. The normalized spacial score (nSPS) is 24.1. The van der Waals surface area contributed by atoms with E-state index in [1.807, 2.05) is 0 Å². The number of hydrogen-bond donors (Lipinski definition) is 1. The monoisotopic (exact) mass is 247 g/mol. The Bertz CT molecular complexity index is 422. The van der Waals surface area contributed by atoms with Gasteiger partial charge in [0.05, 0.1) is 0 Å². The molecule has 0 aromatic carbocycles. The molecule has 1 saturated heterocycles. The average Bonchev–Trinajstić information content (AvgIpc) is 2.63. The minimum atomic E-state index is 0.591. The minimum absolute atomic E-state index is 0.591. The van der Waals surface area contributed by atoms with Gasteiger partial charge in [0, 0.05) is 31.2 Å². The first kappa shape index (κ1) is 11.8. The topological polar surface area (TPSA) is 37.4 Å². The van der Waals surface area contributed by atoms with Crippen molar-refractivity contribution in [3.63, 3.8) is 0 Å². The van der Waals surface area contributed by atoms with Gasteiger partial charge in [0.15, 0.2) is 0 Å². The van der Waals surface area contributed by atoms with Crippen molar-refractivity contribution in [1.29, 1.82) is 0 Å². The van der Waals surface area contributed by atoms with Crippen LogP contribution in [0.25, 0.3) is 0 Å². The van der Waals surface area contributed by atoms with Crippen LogP contribution >= 0.6 is 0 Å². The first-order valence-electron chi connectivity index (χ1n) is 6.94. The van der Waals surface area contributed by atoms with Gasteiger partial charge >= 0.3 is 0 Å². The highest BCUT2D eigenvalue weighted by Gasteiger charge is 2.21. The maximum atomic E-state index is 5.71. The van der Waals surface area contributed by atoms with Crippen LogP contribution in [0.4, 0.5) is 5.82 Å². The Balaban J connectivity index is 1.86. The van der Waals surface area contributed by atoms with E-state index in [2.05, 4.69) is 29.3 Å². The summed E-state index contributed by atoms with van der Waals surface area (Å²) < 4.78 is 5.71. The average molecular weight is 247 g/mol. The van der Waals surface area contributed by atoms with Crippen molar-refractivity contribution < 1.29 is 4.74 Å². The van der Waals surface area contributed by atoms with Crippen molar-refractivity contribution in [2.45, 2.75) is 38.8 Å². The molecule has 0 spiro atoms. The lowest BCUT2D eigenvalue weighted by molar-refractivity contribution is 0.313. The van der Waals surface area contributed by atoms with E-state index in [4.69, 9.17) is 9.72 Å². The molecule has 1 fully saturated rings. The number of anilines is 1. The standard InChI is InChI=1S/C14H21N3O/c1-11-4-2-3-8-17(11)13-6-5-12-10-15-7-9-18-14(12)16-13/h5-6,11,15H,2-4,7-10H2,1H3/t11-/m1/s1. The van der Waals surface area contributed by atoms with Gasteiger partial charge in [-0.05, 0) is 38.3 Å². The van der Waals surface area contributed by atoms with Crippen LogP contribution in [0.1, 0.15) is 31.7 Å². The summed E-state index contributed by atoms with van der Waals surface area (Å²) in [5.74, 6) is 1.89. The summed E-state index contributed by atoms with van der Waals surface area (Å²) >= 11 is 0. The summed E-state index contributed by atoms with van der Waals surface area (Å²) in [6.45, 7) is 5.86. The molecule has 1 atom stereocenters. The van der Waals surface area contributed by atoms with Gasteiger partial charge in [0.25, 0.3) is 0 Å². The van der Waals surface area contributed by atoms with Crippen LogP contribution in [-0.4, -0.2) is 30.7 Å². The Morgan fingerprint density at radius 2 is 2.33 bits per heavy atom. The molecule has 1 aromatic heterocycles. The third kappa shape index (κ3) is 2.29. The van der Waals surface area contributed by atoms with E-state index in [9.17, 15) is 0 Å². The molecule has 0 radical (unpaired) electrons. The number of aromatic nitrogens is 1. The molecule has 0 aliphatic carbocycles. The predicted molar refractivity (Wildman–Crippen MR) is 72.1 cm³/mol. The number of nitrogens with zero attached hydrogens (tertiary/aromatic N) is 2. The maximum absolute atomic E-state index is 5.71. The Hall–Kier alpha value is -1.29. The zero-order valence-corrected chi connectivity index (χ0v) is 11.0. The Morgan fingerprint density at radius 1 is 1.39 bits per heavy atom. The molecule has 0 bridgehead atoms. The molecule has 3 rings (SSSR count). The molecule has 0 amide bonds. The van der Waals surface area contributed by atoms with Crippen molar-refractivity contribution in [1.82, 2.24) is 10.3 Å². The molecule has 98 valence electrons. The van der Waals surface area contributed by atoms with E-state index in [1.165, 1.54) is 24.8 Å². The SMILES string of the molecule is C[C@@H]1CCCCN1c1ccc2c(n1)OCCNC2. The summed E-state index contributed by atoms with van der Waals surface area (Å²) in [5.41, 5.74) is 1.17. The summed E-state index contributed by atoms with van der Waals surface area (Å²) in [7, 11) is 0. The molecule has 3 heterocycles. The fraction of sp³-hybridized carbons (Fsp3) is 0.643. The lowest BCUT2D eigenvalue weighted by atomic mass is 10.0. The molecule has 0 saturated carbocycles. The molecular formula is C14H21N3O. The van der Waals surface area contributed by atoms with Gasteiger partial charge in [-0.2, -0.15) is 4.98 Å². The van der Waals surface area contributed by atoms with Crippen LogP contribution in [0.5, 0.6) is 5.88 Å². The highest BCUT2D eigenvalue weighted by molar-refractivity contribution is 5.45. The van der Waals surface area contributed by atoms with E-state index in [0.29, 0.717) is 12.6 Å². The Morgan fingerprint density at radius 3 is 3.22 bits per heavy atom. The third-order valence-electron chi connectivity index (χ3n) is 3.85. The van der Waals surface area contributed by atoms with Gasteiger partial charge in [-0.3, -0.25) is 0 Å². The zero-order chi connectivity index (χ0) is 12.4. The van der Waals surface area contributed by atoms with Crippen molar-refractivity contribution >= 4 is 5.82 Å². The Kier molecular flexibility index (Phi) is 3.37. The molecule has 0 unspecified atom stereocenters. The summed E-state index contributed by atoms with van der Waals surface area (Å²) in [6, 6.07) is 4.88. The largest absolute Gasteiger partial charge is 0.476 e. The number of fused-ring (bicyclic) bond motifs is 1. The number of rotatable bonds is 1. The first-order chi connectivity index (χ1) is 8.84. The molecule has 18 heavy (non-hydrogen) atoms. The van der Waals surface area contributed by atoms with Crippen molar-refractivity contribution in [3.8, 4) is 5.88 Å². The lowest BCUT2D eigenvalue weighted by Gasteiger charge is -2.34. The second kappa shape index (κ2) is 5.14. The molecule has 4 nitrogen and oxygen atoms in total. The quantitative estimate of drug-likeness (QED) is 0.823. The van der Waals surface area contributed by atoms with Crippen LogP contribution in [0.3, 0.4) is 0 Å². The van der Waals surface area contributed by atoms with Gasteiger partial charge in [-0.15, -0.1) is 0 Å². The highest BCUT2D eigenvalue weighted by atomic mass is 16.5. The molecule has 1 aromatic rings. The second-order valence-electron chi connectivity index (χ2n) is 5.20. The molecule has 2 aliphatic heterocycles. The Labute approximate surface area is 108 Å². The highest BCUT2D eigenvalue weighted by Crippen LogP contribution is 2.27. The third-order valence-corrected chi connectivity index (χ3v) is 3.85. The number of piperidine rings is 1. The van der Waals surface area contributed by atoms with E-state index < -0.39 is 0 Å². The smallest absolute Gasteiger partial charge is 0.219 e. The van der Waals surface area contributed by atoms with Gasteiger partial charge in [-0.25, -0.2) is 0 Å². The van der Waals surface area contributed by atoms with Crippen molar-refractivity contribution in [2.75, 3.05) is 24.6 Å². The lowest BCUT2D eigenvalue weighted by Crippen LogP contribution is -2.38. The van der Waals surface area contributed by atoms with Gasteiger partial charge in [-0.1, -0.05) is 0 Å². The van der Waals surface area contributed by atoms with Gasteiger partial charge in [0.2, 0.25) is 5.88 Å². The van der Waals surface area contributed by atoms with E-state index in [-0.39, 0.29) is 0 Å². The molecule has 4 heteroatoms. The number of hydrogen-bond acceptors (Lipinski definition) is 4. The van der Waals surface area contributed by atoms with E-state index in [0.717, 1.165) is 31.3 Å². The van der Waals surface area contributed by atoms with Gasteiger partial charge in [0.1, 0.15) is 12.4 Å². The van der Waals surface area contributed by atoms with Gasteiger partial charge < -0.3 is 15.0 Å². The maximum Gasteiger partial charge on any atom is 0.219 e. The van der Waals surface area contributed by atoms with Crippen LogP contribution in [-0.2, 0) is 6.54 Å². The fourth-order valence-corrected chi connectivity index (χ4v) is 2.76. The van der Waals surface area contributed by atoms with Crippen LogP contribution in [0.15, 0.2) is 12.1 Å².